The number of hydrogen-bond acceptors (Lipinski definition) is 3. The average Bonchev–Trinajstić information content (AvgIpc) is 2.49. The molecule has 1 aliphatic rings. The molecule has 0 saturated carbocycles. The number of ether oxygens (including phenoxy) is 1. The summed E-state index contributed by atoms with van der Waals surface area (Å²) < 4.78 is 5.66. The highest BCUT2D eigenvalue weighted by atomic mass is 16.5. The zero-order valence-corrected chi connectivity index (χ0v) is 14.5. The summed E-state index contributed by atoms with van der Waals surface area (Å²) in [6.07, 6.45) is 0.893. The highest BCUT2D eigenvalue weighted by Gasteiger charge is 2.26. The number of fused-ring (bicyclic) bond motifs is 1. The molecule has 0 aromatic heterocycles. The number of nitrogens with zero attached hydrogens (tertiary/aromatic N) is 1. The summed E-state index contributed by atoms with van der Waals surface area (Å²) in [7, 11) is 0. The number of benzene rings is 1. The Morgan fingerprint density at radius 2 is 2.13 bits per heavy atom. The first-order valence-corrected chi connectivity index (χ1v) is 8.26. The van der Waals surface area contributed by atoms with Crippen LogP contribution >= 0.6 is 0 Å². The Morgan fingerprint density at radius 3 is 2.78 bits per heavy atom. The lowest BCUT2D eigenvalue weighted by atomic mass is 9.93. The fourth-order valence-electron chi connectivity index (χ4n) is 2.85. The van der Waals surface area contributed by atoms with Crippen LogP contribution in [-0.4, -0.2) is 47.4 Å². The minimum Gasteiger partial charge on any atom is -0.493 e. The maximum Gasteiger partial charge on any atom is 0.317 e. The van der Waals surface area contributed by atoms with Gasteiger partial charge >= 0.3 is 6.03 Å². The van der Waals surface area contributed by atoms with E-state index in [4.69, 9.17) is 4.74 Å². The summed E-state index contributed by atoms with van der Waals surface area (Å²) in [4.78, 5) is 14.2. The van der Waals surface area contributed by atoms with Crippen LogP contribution in [0.25, 0.3) is 0 Å². The van der Waals surface area contributed by atoms with Crippen LogP contribution in [0.4, 0.5) is 4.79 Å². The third kappa shape index (κ3) is 4.86. The van der Waals surface area contributed by atoms with Gasteiger partial charge in [-0.05, 0) is 45.7 Å². The van der Waals surface area contributed by atoms with E-state index in [0.29, 0.717) is 19.7 Å². The largest absolute Gasteiger partial charge is 0.493 e. The summed E-state index contributed by atoms with van der Waals surface area (Å²) in [5, 5.41) is 13.0. The van der Waals surface area contributed by atoms with Crippen LogP contribution in [0.1, 0.15) is 45.6 Å². The number of para-hydroxylation sites is 1. The molecular weight excluding hydrogens is 292 g/mol. The third-order valence-electron chi connectivity index (χ3n) is 4.02. The Hall–Kier alpha value is -1.75. The average molecular weight is 320 g/mol. The summed E-state index contributed by atoms with van der Waals surface area (Å²) in [6.45, 7) is 8.89. The number of nitrogens with one attached hydrogen (secondary N) is 1. The molecule has 1 aromatic carbocycles. The van der Waals surface area contributed by atoms with Crippen LogP contribution in [0.15, 0.2) is 24.3 Å². The summed E-state index contributed by atoms with van der Waals surface area (Å²) in [6, 6.07) is 7.88. The minimum atomic E-state index is -0.910. The standard InChI is InChI=1S/C18H28N2O3/c1-13(2)20(12-18(3,4)22)17(21)19-11-14-9-10-23-16-8-6-5-7-15(14)16/h5-8,13-14,22H,9-12H2,1-4H3,(H,19,21)/t14-/m1/s1. The molecule has 0 spiro atoms. The molecule has 5 heteroatoms. The third-order valence-corrected chi connectivity index (χ3v) is 4.02. The molecule has 0 saturated heterocycles. The van der Waals surface area contributed by atoms with E-state index in [1.807, 2.05) is 32.0 Å². The number of rotatable bonds is 5. The Kier molecular flexibility index (Phi) is 5.52. The molecule has 128 valence electrons. The van der Waals surface area contributed by atoms with E-state index in [1.165, 1.54) is 0 Å². The van der Waals surface area contributed by atoms with Crippen molar-refractivity contribution in [2.45, 2.75) is 51.7 Å². The van der Waals surface area contributed by atoms with Crippen molar-refractivity contribution < 1.29 is 14.6 Å². The van der Waals surface area contributed by atoms with Crippen molar-refractivity contribution in [2.24, 2.45) is 0 Å². The van der Waals surface area contributed by atoms with Gasteiger partial charge in [0.25, 0.3) is 0 Å². The molecule has 0 bridgehead atoms. The molecule has 1 atom stereocenters. The topological polar surface area (TPSA) is 61.8 Å². The van der Waals surface area contributed by atoms with E-state index < -0.39 is 5.60 Å². The van der Waals surface area contributed by atoms with E-state index in [0.717, 1.165) is 17.7 Å². The molecular formula is C18H28N2O3. The maximum atomic E-state index is 12.5. The van der Waals surface area contributed by atoms with Crippen molar-refractivity contribution in [1.29, 1.82) is 0 Å². The molecule has 2 rings (SSSR count). The van der Waals surface area contributed by atoms with E-state index >= 15 is 0 Å². The molecule has 0 fully saturated rings. The lowest BCUT2D eigenvalue weighted by Gasteiger charge is -2.33. The number of urea groups is 1. The van der Waals surface area contributed by atoms with Crippen molar-refractivity contribution in [1.82, 2.24) is 10.2 Å². The fourth-order valence-corrected chi connectivity index (χ4v) is 2.85. The van der Waals surface area contributed by atoms with Crippen LogP contribution < -0.4 is 10.1 Å². The van der Waals surface area contributed by atoms with E-state index in [1.54, 1.807) is 18.7 Å². The van der Waals surface area contributed by atoms with Gasteiger partial charge in [0.15, 0.2) is 0 Å². The molecule has 23 heavy (non-hydrogen) atoms. The number of hydrogen-bond donors (Lipinski definition) is 2. The van der Waals surface area contributed by atoms with Crippen LogP contribution in [0, 0.1) is 0 Å². The number of carbonyl (C=O) groups excluding carboxylic acids is 1. The van der Waals surface area contributed by atoms with Crippen molar-refractivity contribution in [3.8, 4) is 5.75 Å². The SMILES string of the molecule is CC(C)N(CC(C)(C)O)C(=O)NC[C@H]1CCOc2ccccc21. The van der Waals surface area contributed by atoms with E-state index in [9.17, 15) is 9.90 Å². The smallest absolute Gasteiger partial charge is 0.317 e. The van der Waals surface area contributed by atoms with Crippen molar-refractivity contribution in [3.05, 3.63) is 29.8 Å². The molecule has 1 heterocycles. The zero-order chi connectivity index (χ0) is 17.0. The van der Waals surface area contributed by atoms with Gasteiger partial charge in [-0.1, -0.05) is 18.2 Å². The van der Waals surface area contributed by atoms with Gasteiger partial charge < -0.3 is 20.1 Å². The number of amides is 2. The predicted octanol–water partition coefficient (Wildman–Crippen LogP) is 2.74. The van der Waals surface area contributed by atoms with Gasteiger partial charge in [-0.25, -0.2) is 4.79 Å². The monoisotopic (exact) mass is 320 g/mol. The first kappa shape index (κ1) is 17.6. The highest BCUT2D eigenvalue weighted by molar-refractivity contribution is 5.74. The summed E-state index contributed by atoms with van der Waals surface area (Å²) in [5.41, 5.74) is 0.241. The van der Waals surface area contributed by atoms with Gasteiger partial charge in [-0.15, -0.1) is 0 Å². The first-order valence-electron chi connectivity index (χ1n) is 8.26. The second kappa shape index (κ2) is 7.21. The second-order valence-corrected chi connectivity index (χ2v) is 7.09. The predicted molar refractivity (Wildman–Crippen MR) is 90.8 cm³/mol. The van der Waals surface area contributed by atoms with Gasteiger partial charge in [-0.3, -0.25) is 0 Å². The van der Waals surface area contributed by atoms with Crippen LogP contribution in [0.2, 0.25) is 0 Å². The second-order valence-electron chi connectivity index (χ2n) is 7.09. The van der Waals surface area contributed by atoms with Crippen molar-refractivity contribution >= 4 is 6.03 Å². The fraction of sp³-hybridized carbons (Fsp3) is 0.611. The lowest BCUT2D eigenvalue weighted by Crippen LogP contribution is -2.50. The Morgan fingerprint density at radius 1 is 1.43 bits per heavy atom. The van der Waals surface area contributed by atoms with Gasteiger partial charge in [0.1, 0.15) is 5.75 Å². The minimum absolute atomic E-state index is 0.0309. The van der Waals surface area contributed by atoms with E-state index in [-0.39, 0.29) is 18.0 Å². The van der Waals surface area contributed by atoms with Crippen molar-refractivity contribution in [2.75, 3.05) is 19.7 Å². The van der Waals surface area contributed by atoms with Gasteiger partial charge in [0.2, 0.25) is 0 Å². The molecule has 0 unspecified atom stereocenters. The molecule has 0 radical (unpaired) electrons. The lowest BCUT2D eigenvalue weighted by molar-refractivity contribution is 0.0387. The van der Waals surface area contributed by atoms with Crippen LogP contribution in [0.5, 0.6) is 5.75 Å². The molecule has 2 N–H and O–H groups in total. The maximum absolute atomic E-state index is 12.5. The van der Waals surface area contributed by atoms with E-state index in [2.05, 4.69) is 11.4 Å². The normalized spacial score (nSPS) is 17.4. The van der Waals surface area contributed by atoms with Crippen LogP contribution in [-0.2, 0) is 0 Å². The quantitative estimate of drug-likeness (QED) is 0.877. The Bertz CT molecular complexity index is 537. The Balaban J connectivity index is 1.98. The highest BCUT2D eigenvalue weighted by Crippen LogP contribution is 2.32. The molecule has 5 nitrogen and oxygen atoms in total. The number of carbonyl (C=O) groups is 1. The van der Waals surface area contributed by atoms with Crippen LogP contribution in [0.3, 0.4) is 0 Å². The molecule has 0 aliphatic carbocycles. The van der Waals surface area contributed by atoms with Gasteiger partial charge in [0.05, 0.1) is 18.8 Å². The first-order chi connectivity index (χ1) is 10.8. The zero-order valence-electron chi connectivity index (χ0n) is 14.5. The summed E-state index contributed by atoms with van der Waals surface area (Å²) >= 11 is 0. The summed E-state index contributed by atoms with van der Waals surface area (Å²) in [5.74, 6) is 1.18. The van der Waals surface area contributed by atoms with Crippen molar-refractivity contribution in [3.63, 3.8) is 0 Å². The Labute approximate surface area is 138 Å². The number of aliphatic hydroxyl groups is 1. The van der Waals surface area contributed by atoms with Gasteiger partial charge in [-0.2, -0.15) is 0 Å². The molecule has 1 aromatic rings. The molecule has 1 aliphatic heterocycles. The molecule has 2 amide bonds. The van der Waals surface area contributed by atoms with Gasteiger partial charge in [0, 0.05) is 18.5 Å².